The van der Waals surface area contributed by atoms with E-state index in [4.69, 9.17) is 4.74 Å². The minimum absolute atomic E-state index is 0.0475. The molecule has 2 rings (SSSR count). The van der Waals surface area contributed by atoms with E-state index in [0.29, 0.717) is 36.3 Å². The number of aromatic nitrogens is 1. The maximum Gasteiger partial charge on any atom is 0.250 e. The number of hydrogen-bond acceptors (Lipinski definition) is 5. The SMILES string of the molecule is CCN(CC)S(=O)(=O)c1ccc(=O)n(Cc2cc(C=O)ccc2OC)c1. The van der Waals surface area contributed by atoms with Gasteiger partial charge in [-0.05, 0) is 24.3 Å². The van der Waals surface area contributed by atoms with Gasteiger partial charge >= 0.3 is 0 Å². The predicted molar refractivity (Wildman–Crippen MR) is 98.3 cm³/mol. The number of carbonyl (C=O) groups is 1. The van der Waals surface area contributed by atoms with Gasteiger partial charge in [-0.25, -0.2) is 8.42 Å². The molecular formula is C18H22N2O5S. The first-order valence-corrected chi connectivity index (χ1v) is 9.64. The Morgan fingerprint density at radius 3 is 2.42 bits per heavy atom. The predicted octanol–water partition coefficient (Wildman–Crippen LogP) is 1.75. The zero-order valence-corrected chi connectivity index (χ0v) is 15.8. The van der Waals surface area contributed by atoms with Gasteiger partial charge in [-0.2, -0.15) is 4.31 Å². The largest absolute Gasteiger partial charge is 0.496 e. The van der Waals surface area contributed by atoms with Crippen LogP contribution in [0.3, 0.4) is 0 Å². The summed E-state index contributed by atoms with van der Waals surface area (Å²) >= 11 is 0. The van der Waals surface area contributed by atoms with Crippen LogP contribution in [0.25, 0.3) is 0 Å². The molecule has 0 aliphatic heterocycles. The van der Waals surface area contributed by atoms with Crippen LogP contribution in [0.4, 0.5) is 0 Å². The zero-order chi connectivity index (χ0) is 19.3. The first-order chi connectivity index (χ1) is 12.4. The number of hydrogen-bond donors (Lipinski definition) is 0. The lowest BCUT2D eigenvalue weighted by atomic mass is 10.1. The Morgan fingerprint density at radius 2 is 1.85 bits per heavy atom. The van der Waals surface area contributed by atoms with Crippen LogP contribution in [0.15, 0.2) is 46.2 Å². The molecule has 0 saturated carbocycles. The van der Waals surface area contributed by atoms with E-state index < -0.39 is 10.0 Å². The van der Waals surface area contributed by atoms with E-state index in [9.17, 15) is 18.0 Å². The summed E-state index contributed by atoms with van der Waals surface area (Å²) in [7, 11) is -2.19. The highest BCUT2D eigenvalue weighted by atomic mass is 32.2. The fourth-order valence-electron chi connectivity index (χ4n) is 2.68. The smallest absolute Gasteiger partial charge is 0.250 e. The van der Waals surface area contributed by atoms with E-state index in [0.717, 1.165) is 0 Å². The van der Waals surface area contributed by atoms with Gasteiger partial charge in [-0.15, -0.1) is 0 Å². The third-order valence-electron chi connectivity index (χ3n) is 4.08. The molecule has 0 amide bonds. The molecule has 1 heterocycles. The lowest BCUT2D eigenvalue weighted by Crippen LogP contribution is -2.32. The van der Waals surface area contributed by atoms with Crippen molar-refractivity contribution in [3.8, 4) is 5.75 Å². The van der Waals surface area contributed by atoms with E-state index in [-0.39, 0.29) is 17.0 Å². The van der Waals surface area contributed by atoms with Crippen LogP contribution < -0.4 is 10.3 Å². The molecule has 0 aliphatic rings. The summed E-state index contributed by atoms with van der Waals surface area (Å²) in [5.41, 5.74) is 0.708. The van der Waals surface area contributed by atoms with Gasteiger partial charge in [0.25, 0.3) is 5.56 Å². The Labute approximate surface area is 152 Å². The summed E-state index contributed by atoms with van der Waals surface area (Å²) in [5, 5.41) is 0. The Hall–Kier alpha value is -2.45. The van der Waals surface area contributed by atoms with Crippen molar-refractivity contribution in [1.82, 2.24) is 8.87 Å². The first-order valence-electron chi connectivity index (χ1n) is 8.20. The van der Waals surface area contributed by atoms with Gasteiger partial charge in [0, 0.05) is 36.5 Å². The van der Waals surface area contributed by atoms with E-state index in [2.05, 4.69) is 0 Å². The second-order valence-corrected chi connectivity index (χ2v) is 7.55. The van der Waals surface area contributed by atoms with Crippen molar-refractivity contribution in [3.05, 3.63) is 58.0 Å². The number of benzene rings is 1. The average Bonchev–Trinajstić information content (AvgIpc) is 2.64. The van der Waals surface area contributed by atoms with E-state index in [1.807, 2.05) is 0 Å². The third kappa shape index (κ3) is 4.03. The Kier molecular flexibility index (Phi) is 6.33. The number of pyridine rings is 1. The molecule has 1 aromatic carbocycles. The number of nitrogens with zero attached hydrogens (tertiary/aromatic N) is 2. The minimum atomic E-state index is -3.68. The average molecular weight is 378 g/mol. The van der Waals surface area contributed by atoms with Crippen molar-refractivity contribution >= 4 is 16.3 Å². The van der Waals surface area contributed by atoms with Crippen molar-refractivity contribution in [2.24, 2.45) is 0 Å². The molecule has 0 radical (unpaired) electrons. The summed E-state index contributed by atoms with van der Waals surface area (Å²) in [5.74, 6) is 0.513. The number of rotatable bonds is 8. The van der Waals surface area contributed by atoms with Gasteiger partial charge in [0.05, 0.1) is 18.6 Å². The second-order valence-electron chi connectivity index (χ2n) is 5.61. The van der Waals surface area contributed by atoms with Crippen molar-refractivity contribution < 1.29 is 17.9 Å². The van der Waals surface area contributed by atoms with Crippen molar-refractivity contribution in [2.45, 2.75) is 25.3 Å². The van der Waals surface area contributed by atoms with E-state index in [1.165, 1.54) is 34.3 Å². The lowest BCUT2D eigenvalue weighted by molar-refractivity contribution is 0.112. The summed E-state index contributed by atoms with van der Waals surface area (Å²) in [4.78, 5) is 23.3. The topological polar surface area (TPSA) is 85.7 Å². The molecular weight excluding hydrogens is 356 g/mol. The van der Waals surface area contributed by atoms with Crippen molar-refractivity contribution in [2.75, 3.05) is 20.2 Å². The number of ether oxygens (including phenoxy) is 1. The van der Waals surface area contributed by atoms with E-state index in [1.54, 1.807) is 32.0 Å². The van der Waals surface area contributed by atoms with Crippen LogP contribution in [-0.4, -0.2) is 43.8 Å². The van der Waals surface area contributed by atoms with Gasteiger partial charge < -0.3 is 9.30 Å². The number of methoxy groups -OCH3 is 1. The normalized spacial score (nSPS) is 11.5. The maximum absolute atomic E-state index is 12.7. The highest BCUT2D eigenvalue weighted by molar-refractivity contribution is 7.89. The van der Waals surface area contributed by atoms with Gasteiger partial charge in [0.15, 0.2) is 0 Å². The molecule has 8 heteroatoms. The minimum Gasteiger partial charge on any atom is -0.496 e. The molecule has 26 heavy (non-hydrogen) atoms. The Morgan fingerprint density at radius 1 is 1.15 bits per heavy atom. The molecule has 0 spiro atoms. The molecule has 0 bridgehead atoms. The van der Waals surface area contributed by atoms with Gasteiger partial charge in [0.1, 0.15) is 12.0 Å². The molecule has 7 nitrogen and oxygen atoms in total. The standard InChI is InChI=1S/C18H22N2O5S/c1-4-20(5-2)26(23,24)16-7-9-18(22)19(12-16)11-15-10-14(13-21)6-8-17(15)25-3/h6-10,12-13H,4-5,11H2,1-3H3. The Bertz CT molecular complexity index is 946. The van der Waals surface area contributed by atoms with Crippen LogP contribution in [0.1, 0.15) is 29.8 Å². The highest BCUT2D eigenvalue weighted by Gasteiger charge is 2.22. The quantitative estimate of drug-likeness (QED) is 0.653. The van der Waals surface area contributed by atoms with Crippen molar-refractivity contribution in [1.29, 1.82) is 0 Å². The first kappa shape index (κ1) is 19.9. The molecule has 0 fully saturated rings. The second kappa shape index (κ2) is 8.29. The molecule has 0 aliphatic carbocycles. The third-order valence-corrected chi connectivity index (χ3v) is 6.11. The van der Waals surface area contributed by atoms with Crippen LogP contribution in [0, 0.1) is 0 Å². The van der Waals surface area contributed by atoms with Crippen molar-refractivity contribution in [3.63, 3.8) is 0 Å². The summed E-state index contributed by atoms with van der Waals surface area (Å²) < 4.78 is 33.2. The molecule has 0 unspecified atom stereocenters. The van der Waals surface area contributed by atoms with E-state index >= 15 is 0 Å². The Balaban J connectivity index is 2.50. The lowest BCUT2D eigenvalue weighted by Gasteiger charge is -2.19. The maximum atomic E-state index is 12.7. The fourth-order valence-corrected chi connectivity index (χ4v) is 4.16. The number of sulfonamides is 1. The summed E-state index contributed by atoms with van der Waals surface area (Å²) in [6, 6.07) is 7.40. The summed E-state index contributed by atoms with van der Waals surface area (Å²) in [6.45, 7) is 4.28. The van der Waals surface area contributed by atoms with Crippen LogP contribution >= 0.6 is 0 Å². The van der Waals surface area contributed by atoms with Crippen LogP contribution in [0.2, 0.25) is 0 Å². The number of aldehydes is 1. The van der Waals surface area contributed by atoms with Crippen LogP contribution in [0.5, 0.6) is 5.75 Å². The highest BCUT2D eigenvalue weighted by Crippen LogP contribution is 2.21. The number of carbonyl (C=O) groups excluding carboxylic acids is 1. The molecule has 0 N–H and O–H groups in total. The molecule has 140 valence electrons. The van der Waals surface area contributed by atoms with Gasteiger partial charge in [-0.1, -0.05) is 13.8 Å². The monoisotopic (exact) mass is 378 g/mol. The van der Waals surface area contributed by atoms with Gasteiger partial charge in [-0.3, -0.25) is 9.59 Å². The fraction of sp³-hybridized carbons (Fsp3) is 0.333. The molecule has 1 aromatic heterocycles. The molecule has 0 atom stereocenters. The zero-order valence-electron chi connectivity index (χ0n) is 15.0. The summed E-state index contributed by atoms with van der Waals surface area (Å²) in [6.07, 6.45) is 2.02. The van der Waals surface area contributed by atoms with Crippen LogP contribution in [-0.2, 0) is 16.6 Å². The molecule has 2 aromatic rings. The molecule has 0 saturated heterocycles. The van der Waals surface area contributed by atoms with Gasteiger partial charge in [0.2, 0.25) is 10.0 Å².